The molecule has 0 aliphatic carbocycles. The van der Waals surface area contributed by atoms with Crippen molar-refractivity contribution in [2.45, 2.75) is 0 Å². The number of hydrogen-bond acceptors (Lipinski definition) is 0. The van der Waals surface area contributed by atoms with Crippen LogP contribution in [-0.2, 0) is 0 Å². The smallest absolute Gasteiger partial charge is 0.177 e. The van der Waals surface area contributed by atoms with E-state index in [9.17, 15) is 0 Å². The average molecular weight is 362 g/mol. The lowest BCUT2D eigenvalue weighted by Gasteiger charge is -2.05. The van der Waals surface area contributed by atoms with Gasteiger partial charge >= 0.3 is 0 Å². The van der Waals surface area contributed by atoms with Crippen LogP contribution in [0.2, 0.25) is 0 Å². The molecule has 0 N–H and O–H groups in total. The molecule has 0 spiro atoms. The molecular weight excluding hydrogens is 356 g/mol. The third-order valence-electron chi connectivity index (χ3n) is 2.36. The van der Waals surface area contributed by atoms with Crippen LogP contribution in [0.25, 0.3) is 20.8 Å². The lowest BCUT2D eigenvalue weighted by atomic mass is 10.0. The summed E-state index contributed by atoms with van der Waals surface area (Å²) in [7, 11) is 0. The fourth-order valence-electron chi connectivity index (χ4n) is 1.61. The number of benzene rings is 2. The highest BCUT2D eigenvalue weighted by molar-refractivity contribution is 9.11. The Hall–Kier alpha value is -1.62. The van der Waals surface area contributed by atoms with Gasteiger partial charge in [0.2, 0.25) is 0 Å². The summed E-state index contributed by atoms with van der Waals surface area (Å²) in [5, 5.41) is 0. The second-order valence-corrected chi connectivity index (χ2v) is 5.45. The quantitative estimate of drug-likeness (QED) is 0.552. The number of rotatable bonds is 1. The summed E-state index contributed by atoms with van der Waals surface area (Å²) in [5.41, 5.74) is 2.80. The van der Waals surface area contributed by atoms with Crippen LogP contribution in [0.5, 0.6) is 0 Å². The maximum atomic E-state index is 7.06. The number of nitrogens with zero attached hydrogens (tertiary/aromatic N) is 2. The number of halogens is 2. The van der Waals surface area contributed by atoms with E-state index in [1.54, 1.807) is 18.2 Å². The van der Waals surface area contributed by atoms with Crippen molar-refractivity contribution >= 4 is 43.2 Å². The van der Waals surface area contributed by atoms with Crippen LogP contribution < -0.4 is 0 Å². The SMILES string of the molecule is [C-]#[N+]c1cc([N+]#[C-])cc(-c2cc(Br)cc(Br)c2)c1. The Morgan fingerprint density at radius 3 is 1.56 bits per heavy atom. The molecule has 0 heterocycles. The van der Waals surface area contributed by atoms with E-state index in [4.69, 9.17) is 13.1 Å². The van der Waals surface area contributed by atoms with Gasteiger partial charge in [-0.2, -0.15) is 0 Å². The van der Waals surface area contributed by atoms with Gasteiger partial charge in [0, 0.05) is 8.95 Å². The van der Waals surface area contributed by atoms with E-state index in [1.165, 1.54) is 0 Å². The van der Waals surface area contributed by atoms with E-state index in [0.717, 1.165) is 20.1 Å². The predicted octanol–water partition coefficient (Wildman–Crippen LogP) is 5.98. The van der Waals surface area contributed by atoms with Gasteiger partial charge in [0.05, 0.1) is 13.1 Å². The Bertz CT molecular complexity index is 641. The molecule has 0 aliphatic rings. The van der Waals surface area contributed by atoms with E-state index in [2.05, 4.69) is 41.5 Å². The van der Waals surface area contributed by atoms with Crippen molar-refractivity contribution in [3.8, 4) is 11.1 Å². The Morgan fingerprint density at radius 1 is 0.667 bits per heavy atom. The first-order valence-corrected chi connectivity index (χ1v) is 6.57. The topological polar surface area (TPSA) is 8.72 Å². The van der Waals surface area contributed by atoms with Crippen LogP contribution in [0.15, 0.2) is 45.3 Å². The van der Waals surface area contributed by atoms with Crippen LogP contribution in [0.4, 0.5) is 11.4 Å². The Morgan fingerprint density at radius 2 is 1.11 bits per heavy atom. The molecule has 2 aromatic carbocycles. The monoisotopic (exact) mass is 360 g/mol. The summed E-state index contributed by atoms with van der Waals surface area (Å²) in [6.07, 6.45) is 0. The van der Waals surface area contributed by atoms with Gasteiger partial charge in [0.25, 0.3) is 0 Å². The normalized spacial score (nSPS) is 9.56. The minimum absolute atomic E-state index is 0.481. The first-order chi connectivity index (χ1) is 8.62. The minimum atomic E-state index is 0.481. The zero-order chi connectivity index (χ0) is 13.1. The molecule has 0 radical (unpaired) electrons. The van der Waals surface area contributed by atoms with E-state index >= 15 is 0 Å². The molecule has 0 saturated carbocycles. The first-order valence-electron chi connectivity index (χ1n) is 4.99. The second-order valence-electron chi connectivity index (χ2n) is 3.62. The highest BCUT2D eigenvalue weighted by atomic mass is 79.9. The van der Waals surface area contributed by atoms with Crippen molar-refractivity contribution in [1.82, 2.24) is 0 Å². The van der Waals surface area contributed by atoms with Crippen LogP contribution in [0.3, 0.4) is 0 Å². The average Bonchev–Trinajstić information content (AvgIpc) is 2.37. The molecule has 0 unspecified atom stereocenters. The van der Waals surface area contributed by atoms with Crippen LogP contribution >= 0.6 is 31.9 Å². The zero-order valence-electron chi connectivity index (χ0n) is 9.11. The van der Waals surface area contributed by atoms with Gasteiger partial charge in [0.1, 0.15) is 0 Å². The van der Waals surface area contributed by atoms with Gasteiger partial charge in [-0.25, -0.2) is 9.69 Å². The van der Waals surface area contributed by atoms with E-state index in [0.29, 0.717) is 11.4 Å². The largest absolute Gasteiger partial charge is 0.239 e. The molecule has 2 rings (SSSR count). The Kier molecular flexibility index (Phi) is 3.81. The predicted molar refractivity (Wildman–Crippen MR) is 79.8 cm³/mol. The van der Waals surface area contributed by atoms with Gasteiger partial charge in [-0.15, -0.1) is 0 Å². The van der Waals surface area contributed by atoms with E-state index in [-0.39, 0.29) is 0 Å². The van der Waals surface area contributed by atoms with Crippen molar-refractivity contribution in [3.63, 3.8) is 0 Å². The van der Waals surface area contributed by atoms with Gasteiger partial charge in [-0.3, -0.25) is 0 Å². The molecule has 86 valence electrons. The molecule has 2 aromatic rings. The lowest BCUT2D eigenvalue weighted by molar-refractivity contribution is 1.57. The third kappa shape index (κ3) is 2.79. The van der Waals surface area contributed by atoms with Crippen LogP contribution in [-0.4, -0.2) is 0 Å². The number of hydrogen-bond donors (Lipinski definition) is 0. The summed E-state index contributed by atoms with van der Waals surface area (Å²) in [4.78, 5) is 6.79. The molecule has 0 aromatic heterocycles. The molecule has 0 fully saturated rings. The lowest BCUT2D eigenvalue weighted by Crippen LogP contribution is -1.79. The van der Waals surface area contributed by atoms with Crippen molar-refractivity contribution < 1.29 is 0 Å². The minimum Gasteiger partial charge on any atom is -0.239 e. The maximum Gasteiger partial charge on any atom is 0.177 e. The van der Waals surface area contributed by atoms with E-state index in [1.807, 2.05) is 18.2 Å². The fraction of sp³-hybridized carbons (Fsp3) is 0. The zero-order valence-corrected chi connectivity index (χ0v) is 12.3. The first kappa shape index (κ1) is 12.8. The highest BCUT2D eigenvalue weighted by Crippen LogP contribution is 2.33. The highest BCUT2D eigenvalue weighted by Gasteiger charge is 2.05. The van der Waals surface area contributed by atoms with Crippen molar-refractivity contribution in [2.24, 2.45) is 0 Å². The van der Waals surface area contributed by atoms with Gasteiger partial charge in [0.15, 0.2) is 11.4 Å². The summed E-state index contributed by atoms with van der Waals surface area (Å²) in [5.74, 6) is 0. The van der Waals surface area contributed by atoms with Crippen LogP contribution in [0.1, 0.15) is 0 Å². The Labute approximate surface area is 122 Å². The molecular formula is C14H6Br2N2. The molecule has 0 bridgehead atoms. The van der Waals surface area contributed by atoms with E-state index < -0.39 is 0 Å². The summed E-state index contributed by atoms with van der Waals surface area (Å²) in [6.45, 7) is 14.1. The molecule has 0 atom stereocenters. The van der Waals surface area contributed by atoms with Crippen molar-refractivity contribution in [1.29, 1.82) is 0 Å². The molecule has 18 heavy (non-hydrogen) atoms. The van der Waals surface area contributed by atoms with Gasteiger partial charge in [-0.05, 0) is 29.3 Å². The Balaban J connectivity index is 2.64. The molecule has 0 amide bonds. The van der Waals surface area contributed by atoms with Crippen molar-refractivity contribution in [2.75, 3.05) is 0 Å². The molecule has 0 aliphatic heterocycles. The maximum absolute atomic E-state index is 7.06. The summed E-state index contributed by atoms with van der Waals surface area (Å²) < 4.78 is 1.90. The summed E-state index contributed by atoms with van der Waals surface area (Å²) >= 11 is 6.86. The van der Waals surface area contributed by atoms with Crippen LogP contribution in [0, 0.1) is 13.1 Å². The summed E-state index contributed by atoms with van der Waals surface area (Å²) in [6, 6.07) is 11.0. The van der Waals surface area contributed by atoms with Gasteiger partial charge < -0.3 is 0 Å². The molecule has 2 nitrogen and oxygen atoms in total. The third-order valence-corrected chi connectivity index (χ3v) is 3.27. The van der Waals surface area contributed by atoms with Gasteiger partial charge in [-0.1, -0.05) is 50.1 Å². The van der Waals surface area contributed by atoms with Crippen molar-refractivity contribution in [3.05, 3.63) is 68.2 Å². The second kappa shape index (κ2) is 5.35. The molecule has 0 saturated heterocycles. The standard InChI is InChI=1S/C14H6Br2N2/c1-17-13-5-10(6-14(8-13)18-2)9-3-11(15)7-12(16)4-9/h3-8H. The fourth-order valence-corrected chi connectivity index (χ4v) is 2.91. The molecule has 4 heteroatoms.